The summed E-state index contributed by atoms with van der Waals surface area (Å²) in [5.74, 6) is 0. The molecule has 19 heavy (non-hydrogen) atoms. The SMILES string of the molecule is [O-][s+]1c(C2CC=CC=N2)cn2c3ccccc3nc21. The van der Waals surface area contributed by atoms with Crippen LogP contribution in [0.4, 0.5) is 0 Å². The van der Waals surface area contributed by atoms with Crippen molar-refractivity contribution in [2.75, 3.05) is 0 Å². The number of fused-ring (bicyclic) bond motifs is 3. The first kappa shape index (κ1) is 10.9. The van der Waals surface area contributed by atoms with Gasteiger partial charge in [0.2, 0.25) is 0 Å². The molecule has 0 aliphatic carbocycles. The van der Waals surface area contributed by atoms with Gasteiger partial charge in [0.1, 0.15) is 6.04 Å². The van der Waals surface area contributed by atoms with E-state index < -0.39 is 10.8 Å². The van der Waals surface area contributed by atoms with Gasteiger partial charge in [-0.3, -0.25) is 4.99 Å². The molecule has 0 bridgehead atoms. The number of hydrogen-bond acceptors (Lipinski definition) is 3. The second-order valence-electron chi connectivity index (χ2n) is 4.53. The van der Waals surface area contributed by atoms with E-state index in [0.717, 1.165) is 22.3 Å². The summed E-state index contributed by atoms with van der Waals surface area (Å²) in [5.41, 5.74) is 1.88. The van der Waals surface area contributed by atoms with Crippen LogP contribution in [0.5, 0.6) is 0 Å². The third-order valence-corrected chi connectivity index (χ3v) is 4.80. The number of aromatic nitrogens is 2. The fraction of sp³-hybridized carbons (Fsp3) is 0.143. The maximum atomic E-state index is 12.5. The molecule has 1 aliphatic rings. The monoisotopic (exact) mass is 269 g/mol. The maximum Gasteiger partial charge on any atom is 0.351 e. The second-order valence-corrected chi connectivity index (χ2v) is 5.91. The topological polar surface area (TPSA) is 52.7 Å². The third kappa shape index (κ3) is 1.55. The first-order valence-corrected chi connectivity index (χ1v) is 7.28. The van der Waals surface area contributed by atoms with Crippen molar-refractivity contribution < 1.29 is 4.55 Å². The molecule has 0 N–H and O–H groups in total. The van der Waals surface area contributed by atoms with Crippen LogP contribution < -0.4 is 0 Å². The highest BCUT2D eigenvalue weighted by molar-refractivity contribution is 7.30. The van der Waals surface area contributed by atoms with Gasteiger partial charge in [0.25, 0.3) is 0 Å². The van der Waals surface area contributed by atoms with Crippen LogP contribution in [0.3, 0.4) is 0 Å². The zero-order chi connectivity index (χ0) is 12.8. The van der Waals surface area contributed by atoms with Crippen molar-refractivity contribution >= 4 is 33.0 Å². The van der Waals surface area contributed by atoms with E-state index in [9.17, 15) is 4.55 Å². The van der Waals surface area contributed by atoms with Gasteiger partial charge in [-0.1, -0.05) is 18.2 Å². The average Bonchev–Trinajstić information content (AvgIpc) is 2.98. The van der Waals surface area contributed by atoms with Gasteiger partial charge >= 0.3 is 4.96 Å². The summed E-state index contributed by atoms with van der Waals surface area (Å²) in [6, 6.07) is 7.81. The highest BCUT2D eigenvalue weighted by Crippen LogP contribution is 2.38. The number of thiazole rings is 1. The average molecular weight is 269 g/mol. The zero-order valence-electron chi connectivity index (χ0n) is 10.1. The molecule has 0 saturated carbocycles. The van der Waals surface area contributed by atoms with Crippen LogP contribution in [0.2, 0.25) is 0 Å². The standard InChI is InChI=1S/C14H11N3OS/c18-19-13(11-6-3-4-8-15-11)9-17-12-7-2-1-5-10(12)16-14(17)19/h1-5,7-9,11H,6H2. The Balaban J connectivity index is 1.96. The Kier molecular flexibility index (Phi) is 2.30. The molecule has 2 unspecified atom stereocenters. The summed E-state index contributed by atoms with van der Waals surface area (Å²) < 4.78 is 14.5. The Bertz CT molecular complexity index is 828. The van der Waals surface area contributed by atoms with E-state index >= 15 is 0 Å². The fourth-order valence-electron chi connectivity index (χ4n) is 2.44. The van der Waals surface area contributed by atoms with E-state index in [1.54, 1.807) is 6.21 Å². The smallest absolute Gasteiger partial charge is 0.351 e. The number of rotatable bonds is 1. The van der Waals surface area contributed by atoms with Gasteiger partial charge in [0.15, 0.2) is 4.88 Å². The molecule has 0 spiro atoms. The fourth-order valence-corrected chi connectivity index (χ4v) is 3.77. The highest BCUT2D eigenvalue weighted by Gasteiger charge is 2.25. The summed E-state index contributed by atoms with van der Waals surface area (Å²) >= 11 is 0. The van der Waals surface area contributed by atoms with Crippen molar-refractivity contribution in [3.8, 4) is 0 Å². The lowest BCUT2D eigenvalue weighted by atomic mass is 10.1. The molecule has 1 aromatic carbocycles. The van der Waals surface area contributed by atoms with Crippen LogP contribution in [-0.2, 0) is 0 Å². The molecule has 5 heteroatoms. The number of hydrogen-bond donors (Lipinski definition) is 0. The number of imidazole rings is 1. The molecule has 0 amide bonds. The van der Waals surface area contributed by atoms with E-state index in [1.807, 2.05) is 40.9 Å². The van der Waals surface area contributed by atoms with Crippen LogP contribution >= 0.6 is 10.8 Å². The molecule has 0 radical (unpaired) electrons. The second kappa shape index (κ2) is 4.01. The normalized spacial score (nSPS) is 19.6. The molecule has 3 heterocycles. The Morgan fingerprint density at radius 3 is 3.05 bits per heavy atom. The summed E-state index contributed by atoms with van der Waals surface area (Å²) in [4.78, 5) is 10.3. The van der Waals surface area contributed by atoms with E-state index in [1.165, 1.54) is 0 Å². The quantitative estimate of drug-likeness (QED) is 0.636. The number of allylic oxidation sites excluding steroid dienone is 1. The van der Waals surface area contributed by atoms with E-state index in [0.29, 0.717) is 4.96 Å². The van der Waals surface area contributed by atoms with Crippen molar-refractivity contribution in [3.63, 3.8) is 0 Å². The molecular formula is C14H11N3OS. The lowest BCUT2D eigenvalue weighted by molar-refractivity contribution is 0.592. The Hall–Kier alpha value is -1.98. The minimum atomic E-state index is -1.20. The van der Waals surface area contributed by atoms with Crippen LogP contribution in [0.1, 0.15) is 17.3 Å². The lowest BCUT2D eigenvalue weighted by Crippen LogP contribution is -1.96. The van der Waals surface area contributed by atoms with Gasteiger partial charge in [-0.15, -0.1) is 0 Å². The van der Waals surface area contributed by atoms with Gasteiger partial charge in [-0.25, -0.2) is 4.40 Å². The van der Waals surface area contributed by atoms with Crippen LogP contribution in [0, 0.1) is 0 Å². The molecule has 4 nitrogen and oxygen atoms in total. The van der Waals surface area contributed by atoms with Crippen LogP contribution in [0.25, 0.3) is 16.0 Å². The van der Waals surface area contributed by atoms with E-state index in [2.05, 4.69) is 16.1 Å². The molecule has 2 atom stereocenters. The molecule has 94 valence electrons. The summed E-state index contributed by atoms with van der Waals surface area (Å²) in [5, 5.41) is 0. The van der Waals surface area contributed by atoms with Crippen molar-refractivity contribution in [1.29, 1.82) is 0 Å². The van der Waals surface area contributed by atoms with Crippen molar-refractivity contribution in [2.24, 2.45) is 4.99 Å². The predicted molar refractivity (Wildman–Crippen MR) is 76.3 cm³/mol. The van der Waals surface area contributed by atoms with Crippen molar-refractivity contribution in [2.45, 2.75) is 12.5 Å². The predicted octanol–water partition coefficient (Wildman–Crippen LogP) is 3.29. The number of dihydropyridines is 1. The van der Waals surface area contributed by atoms with Gasteiger partial charge in [-0.05, 0) is 35.4 Å². The zero-order valence-corrected chi connectivity index (χ0v) is 10.9. The lowest BCUT2D eigenvalue weighted by Gasteiger charge is -2.08. The Morgan fingerprint density at radius 1 is 1.32 bits per heavy atom. The molecule has 2 aromatic heterocycles. The van der Waals surface area contributed by atoms with Crippen LogP contribution in [-0.4, -0.2) is 20.2 Å². The van der Waals surface area contributed by atoms with Gasteiger partial charge in [0, 0.05) is 6.21 Å². The maximum absolute atomic E-state index is 12.5. The molecule has 0 fully saturated rings. The molecule has 4 rings (SSSR count). The molecule has 3 aromatic rings. The van der Waals surface area contributed by atoms with Crippen LogP contribution in [0.15, 0.2) is 47.6 Å². The van der Waals surface area contributed by atoms with Crippen molar-refractivity contribution in [1.82, 2.24) is 9.38 Å². The van der Waals surface area contributed by atoms with E-state index in [-0.39, 0.29) is 6.04 Å². The number of para-hydroxylation sites is 2. The minimum absolute atomic E-state index is 0.0219. The highest BCUT2D eigenvalue weighted by atomic mass is 32.2. The summed E-state index contributed by atoms with van der Waals surface area (Å²) in [6.45, 7) is 0. The van der Waals surface area contributed by atoms with Crippen molar-refractivity contribution in [3.05, 3.63) is 47.5 Å². The molecule has 0 saturated heterocycles. The number of aliphatic imine (C=N–C) groups is 1. The first-order chi connectivity index (χ1) is 9.34. The Morgan fingerprint density at radius 2 is 2.21 bits per heavy atom. The van der Waals surface area contributed by atoms with Gasteiger partial charge in [-0.2, -0.15) is 4.98 Å². The molecule has 1 aliphatic heterocycles. The number of nitrogens with zero attached hydrogens (tertiary/aromatic N) is 3. The minimum Gasteiger partial charge on any atom is -0.587 e. The third-order valence-electron chi connectivity index (χ3n) is 3.38. The van der Waals surface area contributed by atoms with Gasteiger partial charge < -0.3 is 4.55 Å². The van der Waals surface area contributed by atoms with E-state index in [4.69, 9.17) is 0 Å². The molecular weight excluding hydrogens is 258 g/mol. The first-order valence-electron chi connectivity index (χ1n) is 6.13. The number of benzene rings is 1. The summed E-state index contributed by atoms with van der Waals surface area (Å²) in [7, 11) is -1.20. The Labute approximate surface area is 112 Å². The largest absolute Gasteiger partial charge is 0.587 e. The van der Waals surface area contributed by atoms with Gasteiger partial charge in [0.05, 0.1) is 17.2 Å². The summed E-state index contributed by atoms with van der Waals surface area (Å²) in [6.07, 6.45) is 8.47.